The maximum atomic E-state index is 5.79. The van der Waals surface area contributed by atoms with E-state index in [1.165, 1.54) is 28.4 Å². The first-order chi connectivity index (χ1) is 7.70. The molecule has 0 spiro atoms. The minimum atomic E-state index is 0.428. The fourth-order valence-electron chi connectivity index (χ4n) is 2.05. The summed E-state index contributed by atoms with van der Waals surface area (Å²) in [4.78, 5) is 6.09. The van der Waals surface area contributed by atoms with Gasteiger partial charge in [-0.1, -0.05) is 25.1 Å². The van der Waals surface area contributed by atoms with E-state index in [1.807, 2.05) is 11.3 Å². The van der Waals surface area contributed by atoms with Crippen molar-refractivity contribution in [1.82, 2.24) is 10.3 Å². The Morgan fingerprint density at radius 3 is 3.19 bits per heavy atom. The van der Waals surface area contributed by atoms with Gasteiger partial charge in [-0.3, -0.25) is 0 Å². The monoisotopic (exact) mass is 256 g/mol. The van der Waals surface area contributed by atoms with E-state index < -0.39 is 0 Å². The summed E-state index contributed by atoms with van der Waals surface area (Å²) in [6.07, 6.45) is 4.56. The first-order valence-electron chi connectivity index (χ1n) is 5.75. The van der Waals surface area contributed by atoms with E-state index in [9.17, 15) is 0 Å². The number of aromatic nitrogens is 1. The van der Waals surface area contributed by atoms with Crippen molar-refractivity contribution in [3.63, 3.8) is 0 Å². The second-order valence-corrected chi connectivity index (χ2v) is 5.76. The fourth-order valence-corrected chi connectivity index (χ4v) is 3.29. The van der Waals surface area contributed by atoms with Crippen molar-refractivity contribution < 1.29 is 0 Å². The quantitative estimate of drug-likeness (QED) is 0.893. The summed E-state index contributed by atoms with van der Waals surface area (Å²) in [7, 11) is 0. The lowest BCUT2D eigenvalue weighted by Crippen LogP contribution is -2.25. The van der Waals surface area contributed by atoms with Gasteiger partial charge < -0.3 is 5.32 Å². The van der Waals surface area contributed by atoms with Crippen LogP contribution < -0.4 is 5.32 Å². The van der Waals surface area contributed by atoms with Gasteiger partial charge in [-0.05, 0) is 25.7 Å². The molecular formula is C12H17ClN2S. The van der Waals surface area contributed by atoms with Gasteiger partial charge in [0, 0.05) is 22.5 Å². The van der Waals surface area contributed by atoms with E-state index in [1.54, 1.807) is 0 Å². The Hall–Kier alpha value is -0.380. The van der Waals surface area contributed by atoms with Crippen LogP contribution in [-0.4, -0.2) is 11.5 Å². The van der Waals surface area contributed by atoms with Crippen molar-refractivity contribution in [1.29, 1.82) is 0 Å². The Bertz CT molecular complexity index is 386. The SMILES string of the molecule is C=C(Cl)CNC1CCCc2nc(CC)sc21. The van der Waals surface area contributed by atoms with Gasteiger partial charge in [0.2, 0.25) is 0 Å². The molecule has 4 heteroatoms. The van der Waals surface area contributed by atoms with E-state index in [0.717, 1.165) is 12.8 Å². The molecule has 1 aromatic heterocycles. The number of thiazole rings is 1. The lowest BCUT2D eigenvalue weighted by Gasteiger charge is -2.22. The van der Waals surface area contributed by atoms with E-state index in [2.05, 4.69) is 23.8 Å². The normalized spacial score (nSPS) is 19.5. The van der Waals surface area contributed by atoms with Gasteiger partial charge in [0.25, 0.3) is 0 Å². The van der Waals surface area contributed by atoms with Crippen LogP contribution in [0.1, 0.15) is 41.4 Å². The first-order valence-corrected chi connectivity index (χ1v) is 6.95. The van der Waals surface area contributed by atoms with Crippen LogP contribution in [0.25, 0.3) is 0 Å². The molecule has 0 radical (unpaired) electrons. The van der Waals surface area contributed by atoms with E-state index >= 15 is 0 Å². The molecule has 0 saturated heterocycles. The van der Waals surface area contributed by atoms with Crippen molar-refractivity contribution in [2.24, 2.45) is 0 Å². The van der Waals surface area contributed by atoms with Gasteiger partial charge in [0.15, 0.2) is 0 Å². The Labute approximate surface area is 106 Å². The Kier molecular flexibility index (Phi) is 4.00. The number of fused-ring (bicyclic) bond motifs is 1. The second kappa shape index (κ2) is 5.30. The molecule has 1 atom stereocenters. The molecule has 2 nitrogen and oxygen atoms in total. The molecule has 88 valence electrons. The zero-order chi connectivity index (χ0) is 11.5. The maximum absolute atomic E-state index is 5.79. The van der Waals surface area contributed by atoms with Crippen LogP contribution in [-0.2, 0) is 12.8 Å². The zero-order valence-electron chi connectivity index (χ0n) is 9.55. The summed E-state index contributed by atoms with van der Waals surface area (Å²) >= 11 is 7.64. The Balaban J connectivity index is 2.12. The number of rotatable bonds is 4. The van der Waals surface area contributed by atoms with Gasteiger partial charge >= 0.3 is 0 Å². The summed E-state index contributed by atoms with van der Waals surface area (Å²) in [6, 6.07) is 0.428. The summed E-state index contributed by atoms with van der Waals surface area (Å²) in [5.41, 5.74) is 1.30. The highest BCUT2D eigenvalue weighted by Crippen LogP contribution is 2.34. The molecule has 16 heavy (non-hydrogen) atoms. The number of aryl methyl sites for hydroxylation is 2. The van der Waals surface area contributed by atoms with Crippen LogP contribution in [0.5, 0.6) is 0 Å². The molecule has 1 aliphatic rings. The number of hydrogen-bond donors (Lipinski definition) is 1. The van der Waals surface area contributed by atoms with Gasteiger partial charge in [0.1, 0.15) is 0 Å². The summed E-state index contributed by atoms with van der Waals surface area (Å²) in [5, 5.41) is 5.38. The molecule has 0 bridgehead atoms. The third-order valence-corrected chi connectivity index (χ3v) is 4.33. The molecule has 0 fully saturated rings. The highest BCUT2D eigenvalue weighted by atomic mass is 35.5. The predicted octanol–water partition coefficient (Wildman–Crippen LogP) is 3.43. The molecular weight excluding hydrogens is 240 g/mol. The number of hydrogen-bond acceptors (Lipinski definition) is 3. The van der Waals surface area contributed by atoms with Crippen LogP contribution in [0.4, 0.5) is 0 Å². The highest BCUT2D eigenvalue weighted by Gasteiger charge is 2.23. The standard InChI is InChI=1S/C12H17ClN2S/c1-3-11-15-10-6-4-5-9(12(10)16-11)14-7-8(2)13/h9,14H,2-7H2,1H3. The molecule has 1 unspecified atom stereocenters. The Morgan fingerprint density at radius 1 is 1.69 bits per heavy atom. The molecule has 1 heterocycles. The predicted molar refractivity (Wildman–Crippen MR) is 70.2 cm³/mol. The van der Waals surface area contributed by atoms with E-state index in [4.69, 9.17) is 11.6 Å². The minimum Gasteiger partial charge on any atom is -0.304 e. The summed E-state index contributed by atoms with van der Waals surface area (Å²) in [6.45, 7) is 6.55. The van der Waals surface area contributed by atoms with E-state index in [-0.39, 0.29) is 0 Å². The largest absolute Gasteiger partial charge is 0.304 e. The number of nitrogens with zero attached hydrogens (tertiary/aromatic N) is 1. The van der Waals surface area contributed by atoms with Crippen LogP contribution >= 0.6 is 22.9 Å². The van der Waals surface area contributed by atoms with Crippen molar-refractivity contribution in [3.8, 4) is 0 Å². The molecule has 1 aliphatic carbocycles. The van der Waals surface area contributed by atoms with Gasteiger partial charge in [-0.15, -0.1) is 11.3 Å². The Morgan fingerprint density at radius 2 is 2.50 bits per heavy atom. The smallest absolute Gasteiger partial charge is 0.0928 e. The van der Waals surface area contributed by atoms with Crippen LogP contribution in [0.15, 0.2) is 11.6 Å². The number of nitrogens with one attached hydrogen (secondary N) is 1. The van der Waals surface area contributed by atoms with Crippen LogP contribution in [0.3, 0.4) is 0 Å². The molecule has 2 rings (SSSR count). The summed E-state index contributed by atoms with van der Waals surface area (Å²) in [5.74, 6) is 0. The minimum absolute atomic E-state index is 0.428. The first kappa shape index (κ1) is 12.1. The molecule has 0 amide bonds. The highest BCUT2D eigenvalue weighted by molar-refractivity contribution is 7.11. The topological polar surface area (TPSA) is 24.9 Å². The van der Waals surface area contributed by atoms with Crippen LogP contribution in [0.2, 0.25) is 0 Å². The molecule has 0 aromatic carbocycles. The van der Waals surface area contributed by atoms with Crippen molar-refractivity contribution in [2.75, 3.05) is 6.54 Å². The van der Waals surface area contributed by atoms with E-state index in [0.29, 0.717) is 17.6 Å². The van der Waals surface area contributed by atoms with Gasteiger partial charge in [-0.25, -0.2) is 4.98 Å². The third kappa shape index (κ3) is 2.65. The average Bonchev–Trinajstić information content (AvgIpc) is 2.69. The third-order valence-electron chi connectivity index (χ3n) is 2.84. The molecule has 1 N–H and O–H groups in total. The molecule has 1 aromatic rings. The number of halogens is 1. The summed E-state index contributed by atoms with van der Waals surface area (Å²) < 4.78 is 0. The maximum Gasteiger partial charge on any atom is 0.0928 e. The zero-order valence-corrected chi connectivity index (χ0v) is 11.1. The fraction of sp³-hybridized carbons (Fsp3) is 0.583. The second-order valence-electron chi connectivity index (χ2n) is 4.12. The lowest BCUT2D eigenvalue weighted by atomic mass is 9.98. The van der Waals surface area contributed by atoms with Gasteiger partial charge in [-0.2, -0.15) is 0 Å². The molecule has 0 saturated carbocycles. The van der Waals surface area contributed by atoms with Crippen molar-refractivity contribution in [2.45, 2.75) is 38.6 Å². The average molecular weight is 257 g/mol. The van der Waals surface area contributed by atoms with Crippen LogP contribution in [0, 0.1) is 0 Å². The van der Waals surface area contributed by atoms with Gasteiger partial charge in [0.05, 0.1) is 10.7 Å². The molecule has 0 aliphatic heterocycles. The van der Waals surface area contributed by atoms with Crippen molar-refractivity contribution in [3.05, 3.63) is 27.2 Å². The van der Waals surface area contributed by atoms with Crippen molar-refractivity contribution >= 4 is 22.9 Å². The lowest BCUT2D eigenvalue weighted by molar-refractivity contribution is 0.483.